The molecule has 1 heterocycles. The lowest BCUT2D eigenvalue weighted by atomic mass is 9.73. The summed E-state index contributed by atoms with van der Waals surface area (Å²) in [6, 6.07) is 8.88. The molecule has 1 aromatic heterocycles. The van der Waals surface area contributed by atoms with E-state index in [1.54, 1.807) is 35.6 Å². The predicted octanol–water partition coefficient (Wildman–Crippen LogP) is 5.43. The third-order valence-corrected chi connectivity index (χ3v) is 7.04. The second kappa shape index (κ2) is 6.09. The van der Waals surface area contributed by atoms with Crippen molar-refractivity contribution in [2.24, 2.45) is 11.3 Å². The van der Waals surface area contributed by atoms with Gasteiger partial charge in [0.05, 0.1) is 10.6 Å². The van der Waals surface area contributed by atoms with Gasteiger partial charge in [0, 0.05) is 4.88 Å². The molecule has 6 heteroatoms. The topological polar surface area (TPSA) is 65.4 Å². The molecular weight excluding hydrogens is 328 g/mol. The summed E-state index contributed by atoms with van der Waals surface area (Å²) >= 11 is 1.56. The van der Waals surface area contributed by atoms with Gasteiger partial charge in [-0.25, -0.2) is 4.98 Å². The van der Waals surface area contributed by atoms with Gasteiger partial charge in [-0.15, -0.1) is 11.3 Å². The van der Waals surface area contributed by atoms with E-state index in [0.29, 0.717) is 21.4 Å². The molecule has 0 fully saturated rings. The molecule has 1 atom stereocenters. The smallest absolute Gasteiger partial charge is 0.201 e. The van der Waals surface area contributed by atoms with Gasteiger partial charge < -0.3 is 0 Å². The molecule has 4 nitrogen and oxygen atoms in total. The number of nitrogens with zero attached hydrogens (tertiary/aromatic N) is 1. The van der Waals surface area contributed by atoms with Gasteiger partial charge in [0.1, 0.15) is 0 Å². The Morgan fingerprint density at radius 1 is 1.22 bits per heavy atom. The zero-order chi connectivity index (χ0) is 16.7. The highest BCUT2D eigenvalue weighted by Crippen LogP contribution is 2.49. The first-order chi connectivity index (χ1) is 10.8. The second-order valence-electron chi connectivity index (χ2n) is 7.16. The van der Waals surface area contributed by atoms with Crippen molar-refractivity contribution in [3.63, 3.8) is 0 Å². The van der Waals surface area contributed by atoms with Crippen molar-refractivity contribution in [1.29, 1.82) is 0 Å². The minimum Gasteiger partial charge on any atom is -0.278 e. The van der Waals surface area contributed by atoms with Crippen LogP contribution in [0.4, 0.5) is 5.13 Å². The molecule has 23 heavy (non-hydrogen) atoms. The molecule has 3 N–H and O–H groups in total. The molecule has 126 valence electrons. The van der Waals surface area contributed by atoms with Crippen molar-refractivity contribution < 1.29 is 9.11 Å². The Kier molecular flexibility index (Phi) is 4.44. The first-order valence-electron chi connectivity index (χ1n) is 7.85. The van der Waals surface area contributed by atoms with Crippen LogP contribution in [0.2, 0.25) is 0 Å². The predicted molar refractivity (Wildman–Crippen MR) is 98.3 cm³/mol. The third-order valence-electron chi connectivity index (χ3n) is 4.47. The fourth-order valence-electron chi connectivity index (χ4n) is 2.95. The summed E-state index contributed by atoms with van der Waals surface area (Å²) in [6.07, 6.45) is 3.15. The van der Waals surface area contributed by atoms with E-state index in [1.165, 1.54) is 4.88 Å². The number of fused-ring (bicyclic) bond motifs is 1. The van der Waals surface area contributed by atoms with Gasteiger partial charge in [0.25, 0.3) is 0 Å². The average molecular weight is 353 g/mol. The third kappa shape index (κ3) is 3.71. The van der Waals surface area contributed by atoms with Crippen LogP contribution in [0.25, 0.3) is 0 Å². The summed E-state index contributed by atoms with van der Waals surface area (Å²) in [5, 5.41) is 0.605. The zero-order valence-corrected chi connectivity index (χ0v) is 15.4. The van der Waals surface area contributed by atoms with E-state index in [2.05, 4.69) is 30.5 Å². The number of thiazole rings is 1. The van der Waals surface area contributed by atoms with Crippen LogP contribution in [0, 0.1) is 11.3 Å². The summed E-state index contributed by atoms with van der Waals surface area (Å²) in [5.74, 6) is 0.651. The van der Waals surface area contributed by atoms with Gasteiger partial charge in [-0.05, 0) is 42.7 Å². The van der Waals surface area contributed by atoms with Crippen LogP contribution in [-0.4, -0.2) is 14.1 Å². The number of hydrogen-bond acceptors (Lipinski definition) is 5. The monoisotopic (exact) mass is 352 g/mol. The lowest BCUT2D eigenvalue weighted by molar-refractivity contribution is 0.217. The minimum absolute atomic E-state index is 0.294. The Morgan fingerprint density at radius 3 is 2.57 bits per heavy atom. The van der Waals surface area contributed by atoms with Crippen LogP contribution in [0.1, 0.15) is 37.8 Å². The average Bonchev–Trinajstić information content (AvgIpc) is 2.87. The first kappa shape index (κ1) is 16.8. The van der Waals surface area contributed by atoms with Gasteiger partial charge in [-0.3, -0.25) is 13.8 Å². The maximum atomic E-state index is 10.4. The molecule has 0 saturated heterocycles. The zero-order valence-electron chi connectivity index (χ0n) is 13.7. The van der Waals surface area contributed by atoms with Crippen LogP contribution in [0.5, 0.6) is 0 Å². The van der Waals surface area contributed by atoms with Crippen molar-refractivity contribution in [3.8, 4) is 0 Å². The molecule has 1 aliphatic rings. The fourth-order valence-corrected chi connectivity index (χ4v) is 5.35. The first-order valence-corrected chi connectivity index (χ1v) is 10.2. The molecule has 0 amide bonds. The molecule has 1 unspecified atom stereocenters. The van der Waals surface area contributed by atoms with Crippen LogP contribution in [0.3, 0.4) is 0 Å². The Bertz CT molecular complexity index is 678. The molecule has 0 radical (unpaired) electrons. The van der Waals surface area contributed by atoms with Crippen molar-refractivity contribution in [2.75, 3.05) is 4.72 Å². The molecule has 0 saturated carbocycles. The van der Waals surface area contributed by atoms with Gasteiger partial charge in [-0.1, -0.05) is 49.7 Å². The van der Waals surface area contributed by atoms with E-state index in [1.807, 2.05) is 6.07 Å². The quantitative estimate of drug-likeness (QED) is 0.689. The molecule has 1 aliphatic carbocycles. The fraction of sp³-hybridized carbons (Fsp3) is 0.471. The minimum atomic E-state index is -3.06. The highest BCUT2D eigenvalue weighted by molar-refractivity contribution is 8.25. The standard InChI is InChI=1S/C17H24N2O2S2/c1-17(2,3)12-9-10-14-15(11-12)22-16(18-14)19-23(20,21)13-7-5-4-6-8-13/h4-8,12,20-21H,9-11H2,1-3H3,(H,18,19). The SMILES string of the molecule is CC(C)(C)C1CCc2nc(NS(O)(O)c3ccccc3)sc2C1. The summed E-state index contributed by atoms with van der Waals surface area (Å²) in [6.45, 7) is 6.86. The largest absolute Gasteiger partial charge is 0.278 e. The maximum absolute atomic E-state index is 10.4. The lowest BCUT2D eigenvalue weighted by Gasteiger charge is -2.33. The normalized spacial score (nSPS) is 19.3. The highest BCUT2D eigenvalue weighted by Gasteiger charge is 2.31. The van der Waals surface area contributed by atoms with E-state index < -0.39 is 10.8 Å². The molecule has 3 rings (SSSR count). The highest BCUT2D eigenvalue weighted by atomic mass is 32.3. The van der Waals surface area contributed by atoms with Crippen LogP contribution in [-0.2, 0) is 12.8 Å². The molecule has 2 aromatic rings. The Balaban J connectivity index is 1.78. The summed E-state index contributed by atoms with van der Waals surface area (Å²) in [7, 11) is -3.06. The number of hydrogen-bond donors (Lipinski definition) is 3. The molecule has 0 spiro atoms. The number of anilines is 1. The Morgan fingerprint density at radius 2 is 1.91 bits per heavy atom. The lowest BCUT2D eigenvalue weighted by Crippen LogP contribution is -2.26. The number of aryl methyl sites for hydroxylation is 1. The Hall–Kier alpha value is -1.08. The van der Waals surface area contributed by atoms with Crippen molar-refractivity contribution in [2.45, 2.75) is 44.9 Å². The van der Waals surface area contributed by atoms with E-state index in [4.69, 9.17) is 0 Å². The number of aromatic nitrogens is 1. The van der Waals surface area contributed by atoms with Crippen LogP contribution >= 0.6 is 22.1 Å². The summed E-state index contributed by atoms with van der Waals surface area (Å²) < 4.78 is 23.6. The van der Waals surface area contributed by atoms with Crippen molar-refractivity contribution in [1.82, 2.24) is 4.98 Å². The van der Waals surface area contributed by atoms with E-state index >= 15 is 0 Å². The number of benzene rings is 1. The van der Waals surface area contributed by atoms with E-state index in [-0.39, 0.29) is 0 Å². The molecule has 0 aliphatic heterocycles. The van der Waals surface area contributed by atoms with Crippen molar-refractivity contribution >= 4 is 27.2 Å². The van der Waals surface area contributed by atoms with Crippen LogP contribution in [0.15, 0.2) is 35.2 Å². The second-order valence-corrected chi connectivity index (χ2v) is 10.0. The Labute approximate surface area is 143 Å². The van der Waals surface area contributed by atoms with E-state index in [9.17, 15) is 9.11 Å². The number of nitrogens with one attached hydrogen (secondary N) is 1. The van der Waals surface area contributed by atoms with Gasteiger partial charge >= 0.3 is 0 Å². The molecular formula is C17H24N2O2S2. The van der Waals surface area contributed by atoms with Crippen molar-refractivity contribution in [3.05, 3.63) is 40.9 Å². The summed E-state index contributed by atoms with van der Waals surface area (Å²) in [5.41, 5.74) is 1.41. The number of rotatable bonds is 3. The molecule has 1 aromatic carbocycles. The molecule has 0 bridgehead atoms. The van der Waals surface area contributed by atoms with Crippen LogP contribution < -0.4 is 4.72 Å². The maximum Gasteiger partial charge on any atom is 0.201 e. The van der Waals surface area contributed by atoms with Gasteiger partial charge in [0.15, 0.2) is 0 Å². The van der Waals surface area contributed by atoms with Gasteiger partial charge in [0.2, 0.25) is 5.13 Å². The van der Waals surface area contributed by atoms with E-state index in [0.717, 1.165) is 25.0 Å². The summed E-state index contributed by atoms with van der Waals surface area (Å²) in [4.78, 5) is 6.35. The van der Waals surface area contributed by atoms with Gasteiger partial charge in [-0.2, -0.15) is 0 Å².